The summed E-state index contributed by atoms with van der Waals surface area (Å²) in [6, 6.07) is 37.1. The first-order valence-corrected chi connectivity index (χ1v) is 13.5. The highest BCUT2D eigenvalue weighted by molar-refractivity contribution is 6.00. The Morgan fingerprint density at radius 3 is 1.23 bits per heavy atom. The quantitative estimate of drug-likeness (QED) is 0.219. The molecular weight excluding hydrogens is 538 g/mol. The molecule has 0 aromatic heterocycles. The van der Waals surface area contributed by atoms with Crippen molar-refractivity contribution in [3.8, 4) is 45.9 Å². The molecule has 6 aromatic rings. The van der Waals surface area contributed by atoms with Crippen molar-refractivity contribution in [2.75, 3.05) is 0 Å². The van der Waals surface area contributed by atoms with Crippen molar-refractivity contribution in [1.82, 2.24) is 0 Å². The highest BCUT2D eigenvalue weighted by atomic mass is 19.1. The number of rotatable bonds is 3. The summed E-state index contributed by atoms with van der Waals surface area (Å²) in [6.07, 6.45) is 0. The van der Waals surface area contributed by atoms with Gasteiger partial charge in [-0.15, -0.1) is 0 Å². The average molecular weight is 561 g/mol. The van der Waals surface area contributed by atoms with Crippen molar-refractivity contribution < 1.29 is 18.7 Å². The van der Waals surface area contributed by atoms with Gasteiger partial charge in [0.25, 0.3) is 0 Å². The molecular formula is C39H22F2O2. The van der Waals surface area contributed by atoms with Crippen LogP contribution in [-0.4, -0.2) is 11.1 Å². The molecule has 0 aliphatic heterocycles. The van der Waals surface area contributed by atoms with Crippen molar-refractivity contribution in [1.29, 1.82) is 0 Å². The maximum absolute atomic E-state index is 13.2. The maximum atomic E-state index is 13.2. The van der Waals surface area contributed by atoms with Crippen molar-refractivity contribution >= 4 is 16.7 Å². The number of hydrogen-bond acceptors (Lipinski definition) is 1. The van der Waals surface area contributed by atoms with E-state index in [9.17, 15) is 18.7 Å². The number of aromatic carboxylic acids is 1. The summed E-state index contributed by atoms with van der Waals surface area (Å²) in [5.74, 6) is 10.8. The maximum Gasteiger partial charge on any atom is 0.335 e. The zero-order valence-corrected chi connectivity index (χ0v) is 22.7. The summed E-state index contributed by atoms with van der Waals surface area (Å²) in [4.78, 5) is 11.6. The van der Waals surface area contributed by atoms with E-state index in [-0.39, 0.29) is 17.2 Å². The van der Waals surface area contributed by atoms with Gasteiger partial charge in [0.05, 0.1) is 5.56 Å². The molecule has 0 spiro atoms. The second kappa shape index (κ2) is 11.9. The Morgan fingerprint density at radius 2 is 0.837 bits per heavy atom. The number of hydrogen-bond donors (Lipinski definition) is 1. The third kappa shape index (κ3) is 6.35. The molecule has 1 N–H and O–H groups in total. The minimum absolute atomic E-state index is 0.224. The van der Waals surface area contributed by atoms with Gasteiger partial charge in [0.1, 0.15) is 11.6 Å². The number of benzene rings is 6. The number of halogens is 2. The van der Waals surface area contributed by atoms with Gasteiger partial charge in [-0.2, -0.15) is 0 Å². The zero-order chi connectivity index (χ0) is 29.8. The molecule has 0 amide bonds. The van der Waals surface area contributed by atoms with E-state index in [1.165, 1.54) is 24.3 Å². The lowest BCUT2D eigenvalue weighted by Gasteiger charge is -2.13. The van der Waals surface area contributed by atoms with Crippen LogP contribution in [0.3, 0.4) is 0 Å². The molecule has 0 saturated heterocycles. The zero-order valence-electron chi connectivity index (χ0n) is 22.7. The number of fused-ring (bicyclic) bond motifs is 1. The summed E-state index contributed by atoms with van der Waals surface area (Å²) in [6.45, 7) is 0. The SMILES string of the molecule is O=C(O)c1ccc2cc(-c3ccc(C#Cc4ccc(F)cc4)cc3)c(-c3ccc(C#Cc4ccc(F)cc4)cc3)cc2c1. The Morgan fingerprint density at radius 1 is 0.465 bits per heavy atom. The van der Waals surface area contributed by atoms with Crippen LogP contribution in [0.5, 0.6) is 0 Å². The highest BCUT2D eigenvalue weighted by Crippen LogP contribution is 2.36. The van der Waals surface area contributed by atoms with Gasteiger partial charge in [-0.25, -0.2) is 13.6 Å². The Hall–Kier alpha value is -5.97. The largest absolute Gasteiger partial charge is 0.478 e. The number of carbonyl (C=O) groups is 1. The first kappa shape index (κ1) is 27.2. The fourth-order valence-corrected chi connectivity index (χ4v) is 4.73. The van der Waals surface area contributed by atoms with Gasteiger partial charge < -0.3 is 5.11 Å². The standard InChI is InChI=1S/C39H22F2O2/c40-35-19-9-28(10-20-35)3-1-26-5-13-30(14-6-26)37-24-32-17-18-33(39(42)43)23-34(32)25-38(37)31-15-7-27(8-16-31)2-4-29-11-21-36(41)22-12-29/h5-25H,(H,42,43). The lowest BCUT2D eigenvalue weighted by molar-refractivity contribution is 0.0697. The summed E-state index contributed by atoms with van der Waals surface area (Å²) >= 11 is 0. The van der Waals surface area contributed by atoms with Gasteiger partial charge in [-0.05, 0) is 130 Å². The molecule has 0 saturated carbocycles. The van der Waals surface area contributed by atoms with Crippen molar-refractivity contribution in [2.45, 2.75) is 0 Å². The summed E-state index contributed by atoms with van der Waals surface area (Å²) in [5.41, 5.74) is 7.17. The normalized spacial score (nSPS) is 10.4. The monoisotopic (exact) mass is 560 g/mol. The van der Waals surface area contributed by atoms with Crippen molar-refractivity contribution in [2.24, 2.45) is 0 Å². The molecule has 0 radical (unpaired) electrons. The van der Waals surface area contributed by atoms with E-state index in [0.717, 1.165) is 55.3 Å². The molecule has 6 rings (SSSR count). The predicted molar refractivity (Wildman–Crippen MR) is 167 cm³/mol. The minimum atomic E-state index is -0.978. The first-order chi connectivity index (χ1) is 20.9. The number of carboxylic acid groups (broad SMARTS) is 1. The molecule has 4 heteroatoms. The fourth-order valence-electron chi connectivity index (χ4n) is 4.73. The van der Waals surface area contributed by atoms with Gasteiger partial charge >= 0.3 is 5.97 Å². The minimum Gasteiger partial charge on any atom is -0.478 e. The second-order valence-electron chi connectivity index (χ2n) is 9.93. The van der Waals surface area contributed by atoms with Crippen molar-refractivity contribution in [3.63, 3.8) is 0 Å². The smallest absolute Gasteiger partial charge is 0.335 e. The molecule has 0 fully saturated rings. The average Bonchev–Trinajstić information content (AvgIpc) is 3.04. The van der Waals surface area contributed by atoms with Crippen LogP contribution in [0.15, 0.2) is 127 Å². The van der Waals surface area contributed by atoms with Crippen LogP contribution in [-0.2, 0) is 0 Å². The Bertz CT molecular complexity index is 2090. The van der Waals surface area contributed by atoms with Crippen LogP contribution < -0.4 is 0 Å². The molecule has 0 unspecified atom stereocenters. The van der Waals surface area contributed by atoms with E-state index in [1.807, 2.05) is 60.7 Å². The van der Waals surface area contributed by atoms with Crippen LogP contribution in [0.25, 0.3) is 33.0 Å². The Kier molecular flexibility index (Phi) is 7.51. The molecule has 0 bridgehead atoms. The van der Waals surface area contributed by atoms with Crippen LogP contribution in [0.4, 0.5) is 8.78 Å². The fraction of sp³-hybridized carbons (Fsp3) is 0. The summed E-state index contributed by atoms with van der Waals surface area (Å²) in [7, 11) is 0. The Balaban J connectivity index is 1.37. The summed E-state index contributed by atoms with van der Waals surface area (Å²) in [5, 5.41) is 11.3. The lowest BCUT2D eigenvalue weighted by atomic mass is 9.90. The molecule has 2 nitrogen and oxygen atoms in total. The van der Waals surface area contributed by atoms with Crippen LogP contribution in [0.1, 0.15) is 32.6 Å². The molecule has 0 aliphatic carbocycles. The van der Waals surface area contributed by atoms with Gasteiger partial charge in [0, 0.05) is 22.3 Å². The topological polar surface area (TPSA) is 37.3 Å². The van der Waals surface area contributed by atoms with E-state index < -0.39 is 5.97 Å². The van der Waals surface area contributed by atoms with Gasteiger partial charge in [0.2, 0.25) is 0 Å². The predicted octanol–water partition coefficient (Wildman–Crippen LogP) is 8.95. The lowest BCUT2D eigenvalue weighted by Crippen LogP contribution is -1.96. The Labute approximate surface area is 247 Å². The van der Waals surface area contributed by atoms with Crippen LogP contribution >= 0.6 is 0 Å². The second-order valence-corrected chi connectivity index (χ2v) is 9.93. The van der Waals surface area contributed by atoms with Crippen molar-refractivity contribution in [3.05, 3.63) is 167 Å². The van der Waals surface area contributed by atoms with E-state index in [0.29, 0.717) is 0 Å². The van der Waals surface area contributed by atoms with Gasteiger partial charge in [0.15, 0.2) is 0 Å². The van der Waals surface area contributed by atoms with Crippen LogP contribution in [0, 0.1) is 35.3 Å². The molecule has 0 aliphatic rings. The first-order valence-electron chi connectivity index (χ1n) is 13.5. The van der Waals surface area contributed by atoms with Crippen LogP contribution in [0.2, 0.25) is 0 Å². The molecule has 6 aromatic carbocycles. The van der Waals surface area contributed by atoms with E-state index in [1.54, 1.807) is 36.4 Å². The van der Waals surface area contributed by atoms with Gasteiger partial charge in [-0.3, -0.25) is 0 Å². The third-order valence-corrected chi connectivity index (χ3v) is 7.01. The van der Waals surface area contributed by atoms with Gasteiger partial charge in [-0.1, -0.05) is 54.0 Å². The molecule has 0 heterocycles. The molecule has 204 valence electrons. The molecule has 43 heavy (non-hydrogen) atoms. The van der Waals surface area contributed by atoms with E-state index in [4.69, 9.17) is 0 Å². The summed E-state index contributed by atoms with van der Waals surface area (Å²) < 4.78 is 26.4. The highest BCUT2D eigenvalue weighted by Gasteiger charge is 2.12. The third-order valence-electron chi connectivity index (χ3n) is 7.01. The molecule has 0 atom stereocenters. The van der Waals surface area contributed by atoms with E-state index >= 15 is 0 Å². The van der Waals surface area contributed by atoms with E-state index in [2.05, 4.69) is 29.7 Å². The number of carboxylic acids is 1.